The van der Waals surface area contributed by atoms with E-state index in [4.69, 9.17) is 10.2 Å². The molecular weight excluding hydrogens is 228 g/mol. The Morgan fingerprint density at radius 2 is 2.18 bits per heavy atom. The lowest BCUT2D eigenvalue weighted by Crippen LogP contribution is -2.43. The van der Waals surface area contributed by atoms with Crippen LogP contribution in [0.15, 0.2) is 16.9 Å². The molecule has 17 heavy (non-hydrogen) atoms. The Morgan fingerprint density at radius 1 is 1.53 bits per heavy atom. The summed E-state index contributed by atoms with van der Waals surface area (Å²) in [5.74, 6) is -1.04. The van der Waals surface area contributed by atoms with E-state index in [1.165, 1.54) is 6.92 Å². The highest BCUT2D eigenvalue weighted by Crippen LogP contribution is 2.05. The molecule has 7 heteroatoms. The molecule has 0 aliphatic heterocycles. The number of aromatic nitrogens is 1. The van der Waals surface area contributed by atoms with Crippen LogP contribution < -0.4 is 10.9 Å². The summed E-state index contributed by atoms with van der Waals surface area (Å²) >= 11 is 0. The zero-order valence-corrected chi connectivity index (χ0v) is 9.23. The number of aliphatic hydroxyl groups is 2. The Hall–Kier alpha value is -1.86. The molecule has 1 atom stereocenters. The zero-order chi connectivity index (χ0) is 13.1. The van der Waals surface area contributed by atoms with Crippen LogP contribution in [0.25, 0.3) is 0 Å². The Morgan fingerprint density at radius 3 is 2.71 bits per heavy atom. The van der Waals surface area contributed by atoms with Gasteiger partial charge in [-0.2, -0.15) is 0 Å². The molecule has 1 unspecified atom stereocenters. The van der Waals surface area contributed by atoms with Gasteiger partial charge >= 0.3 is 0 Å². The molecule has 1 amide bonds. The maximum absolute atomic E-state index is 11.5. The van der Waals surface area contributed by atoms with Crippen molar-refractivity contribution in [1.82, 2.24) is 10.3 Å². The van der Waals surface area contributed by atoms with Crippen LogP contribution in [0.5, 0.6) is 5.88 Å². The van der Waals surface area contributed by atoms with Gasteiger partial charge in [-0.15, -0.1) is 0 Å². The molecule has 0 radical (unpaired) electrons. The van der Waals surface area contributed by atoms with E-state index in [0.717, 1.165) is 12.1 Å². The number of hydrogen-bond donors (Lipinski definition) is 5. The number of nitrogens with one attached hydrogen (secondary N) is 2. The van der Waals surface area contributed by atoms with E-state index in [-0.39, 0.29) is 12.1 Å². The number of aromatic hydroxyl groups is 1. The third kappa shape index (κ3) is 3.89. The lowest BCUT2D eigenvalue weighted by atomic mass is 10.1. The van der Waals surface area contributed by atoms with Crippen molar-refractivity contribution in [2.75, 3.05) is 13.2 Å². The molecule has 0 spiro atoms. The second-order valence-electron chi connectivity index (χ2n) is 3.96. The van der Waals surface area contributed by atoms with E-state index in [1.807, 2.05) is 0 Å². The van der Waals surface area contributed by atoms with Gasteiger partial charge in [-0.25, -0.2) is 0 Å². The van der Waals surface area contributed by atoms with E-state index in [0.29, 0.717) is 0 Å². The van der Waals surface area contributed by atoms with Crippen molar-refractivity contribution in [1.29, 1.82) is 0 Å². The van der Waals surface area contributed by atoms with Crippen molar-refractivity contribution in [2.45, 2.75) is 12.5 Å². The molecule has 0 aliphatic rings. The van der Waals surface area contributed by atoms with Crippen molar-refractivity contribution >= 4 is 5.91 Å². The summed E-state index contributed by atoms with van der Waals surface area (Å²) in [7, 11) is 0. The SMILES string of the molecule is CC(O)(CO)CNC(=O)c1cc(O)[nH]c(=O)c1. The van der Waals surface area contributed by atoms with Crippen LogP contribution in [0, 0.1) is 0 Å². The molecule has 7 nitrogen and oxygen atoms in total. The number of amides is 1. The summed E-state index contributed by atoms with van der Waals surface area (Å²) in [5.41, 5.74) is -2.07. The summed E-state index contributed by atoms with van der Waals surface area (Å²) in [5, 5.41) is 29.6. The number of aromatic amines is 1. The van der Waals surface area contributed by atoms with Gasteiger partial charge < -0.3 is 20.6 Å². The van der Waals surface area contributed by atoms with Crippen LogP contribution in [0.1, 0.15) is 17.3 Å². The molecule has 0 bridgehead atoms. The van der Waals surface area contributed by atoms with Crippen molar-refractivity contribution in [3.8, 4) is 5.88 Å². The summed E-state index contributed by atoms with van der Waals surface area (Å²) in [6, 6.07) is 2.10. The van der Waals surface area contributed by atoms with E-state index >= 15 is 0 Å². The minimum atomic E-state index is -1.43. The third-order valence-corrected chi connectivity index (χ3v) is 2.06. The number of carbonyl (C=O) groups is 1. The molecule has 0 fully saturated rings. The number of aliphatic hydroxyl groups excluding tert-OH is 1. The van der Waals surface area contributed by atoms with Gasteiger partial charge in [0, 0.05) is 18.7 Å². The maximum atomic E-state index is 11.5. The predicted octanol–water partition coefficient (Wildman–Crippen LogP) is -1.45. The molecule has 0 aliphatic carbocycles. The molecule has 0 aromatic carbocycles. The van der Waals surface area contributed by atoms with Gasteiger partial charge in [0.2, 0.25) is 0 Å². The summed E-state index contributed by atoms with van der Waals surface area (Å²) in [4.78, 5) is 24.6. The molecule has 0 saturated carbocycles. The Labute approximate surface area is 96.7 Å². The first-order chi connectivity index (χ1) is 7.84. The standard InChI is InChI=1S/C10H14N2O5/c1-10(17,5-13)4-11-9(16)6-2-7(14)12-8(15)3-6/h2-3,13,17H,4-5H2,1H3,(H,11,16)(H2,12,14,15). The highest BCUT2D eigenvalue weighted by atomic mass is 16.3. The fraction of sp³-hybridized carbons (Fsp3) is 0.400. The molecule has 94 valence electrons. The van der Waals surface area contributed by atoms with Crippen molar-refractivity contribution in [2.24, 2.45) is 0 Å². The van der Waals surface area contributed by atoms with E-state index < -0.39 is 29.6 Å². The first kappa shape index (κ1) is 13.2. The van der Waals surface area contributed by atoms with Crippen molar-refractivity contribution < 1.29 is 20.1 Å². The van der Waals surface area contributed by atoms with Crippen LogP contribution in [0.3, 0.4) is 0 Å². The van der Waals surface area contributed by atoms with Gasteiger partial charge in [0.1, 0.15) is 5.60 Å². The summed E-state index contributed by atoms with van der Waals surface area (Å²) in [6.45, 7) is 0.673. The third-order valence-electron chi connectivity index (χ3n) is 2.06. The number of rotatable bonds is 4. The molecule has 0 saturated heterocycles. The molecule has 1 heterocycles. The topological polar surface area (TPSA) is 123 Å². The Balaban J connectivity index is 2.74. The number of carbonyl (C=O) groups excluding carboxylic acids is 1. The smallest absolute Gasteiger partial charge is 0.251 e. The van der Waals surface area contributed by atoms with Gasteiger partial charge in [0.05, 0.1) is 12.2 Å². The molecular formula is C10H14N2O5. The van der Waals surface area contributed by atoms with Crippen LogP contribution in [0.4, 0.5) is 0 Å². The van der Waals surface area contributed by atoms with Crippen LogP contribution in [0.2, 0.25) is 0 Å². The Bertz CT molecular complexity index is 466. The zero-order valence-electron chi connectivity index (χ0n) is 9.23. The highest BCUT2D eigenvalue weighted by molar-refractivity contribution is 5.94. The highest BCUT2D eigenvalue weighted by Gasteiger charge is 2.20. The van der Waals surface area contributed by atoms with Crippen LogP contribution in [-0.2, 0) is 0 Å². The number of H-pyrrole nitrogens is 1. The monoisotopic (exact) mass is 242 g/mol. The predicted molar refractivity (Wildman–Crippen MR) is 58.8 cm³/mol. The van der Waals surface area contributed by atoms with Gasteiger partial charge in [-0.05, 0) is 6.92 Å². The van der Waals surface area contributed by atoms with E-state index in [1.54, 1.807) is 0 Å². The van der Waals surface area contributed by atoms with Crippen molar-refractivity contribution in [3.63, 3.8) is 0 Å². The molecule has 1 rings (SSSR count). The molecule has 1 aromatic rings. The molecule has 1 aromatic heterocycles. The average Bonchev–Trinajstić information content (AvgIpc) is 2.24. The fourth-order valence-corrected chi connectivity index (χ4v) is 1.09. The lowest BCUT2D eigenvalue weighted by Gasteiger charge is -2.20. The van der Waals surface area contributed by atoms with Crippen molar-refractivity contribution in [3.05, 3.63) is 28.0 Å². The number of hydrogen-bond acceptors (Lipinski definition) is 5. The quantitative estimate of drug-likeness (QED) is 0.442. The number of pyridine rings is 1. The van der Waals surface area contributed by atoms with E-state index in [9.17, 15) is 14.7 Å². The largest absolute Gasteiger partial charge is 0.494 e. The summed E-state index contributed by atoms with van der Waals surface area (Å²) < 4.78 is 0. The van der Waals surface area contributed by atoms with Crippen LogP contribution in [-0.4, -0.2) is 45.0 Å². The minimum Gasteiger partial charge on any atom is -0.494 e. The van der Waals surface area contributed by atoms with Crippen LogP contribution >= 0.6 is 0 Å². The first-order valence-electron chi connectivity index (χ1n) is 4.89. The van der Waals surface area contributed by atoms with E-state index in [2.05, 4.69) is 10.3 Å². The molecule has 5 N–H and O–H groups in total. The van der Waals surface area contributed by atoms with Gasteiger partial charge in [-0.1, -0.05) is 0 Å². The summed E-state index contributed by atoms with van der Waals surface area (Å²) in [6.07, 6.45) is 0. The second-order valence-corrected chi connectivity index (χ2v) is 3.96. The minimum absolute atomic E-state index is 0.0278. The average molecular weight is 242 g/mol. The Kier molecular flexibility index (Phi) is 3.87. The second kappa shape index (κ2) is 4.98. The van der Waals surface area contributed by atoms with Gasteiger partial charge in [-0.3, -0.25) is 14.6 Å². The first-order valence-corrected chi connectivity index (χ1v) is 4.89. The van der Waals surface area contributed by atoms with Gasteiger partial charge in [0.15, 0.2) is 5.88 Å². The fourth-order valence-electron chi connectivity index (χ4n) is 1.09. The normalized spacial score (nSPS) is 14.1. The lowest BCUT2D eigenvalue weighted by molar-refractivity contribution is 0.00320. The van der Waals surface area contributed by atoms with Gasteiger partial charge in [0.25, 0.3) is 11.5 Å². The maximum Gasteiger partial charge on any atom is 0.251 e.